The predicted octanol–water partition coefficient (Wildman–Crippen LogP) is 1.23. The van der Waals surface area contributed by atoms with E-state index in [4.69, 9.17) is 22.1 Å². The molecule has 1 fully saturated rings. The van der Waals surface area contributed by atoms with Crippen molar-refractivity contribution in [2.75, 3.05) is 26.7 Å². The van der Waals surface area contributed by atoms with Crippen molar-refractivity contribution in [2.24, 2.45) is 5.73 Å². The standard InChI is InChI=1S/C16H21ClN4O2/c1-23-15-3-2-13-16(20-15)10(11(17)8-19-13)4-6-21-7-5-12(18)14(22)9-21/h2-3,8,12,14,22H,4-7,9,18H2,1H3. The number of aliphatic hydroxyl groups excluding tert-OH is 1. The summed E-state index contributed by atoms with van der Waals surface area (Å²) < 4.78 is 5.20. The fraction of sp³-hybridized carbons (Fsp3) is 0.500. The largest absolute Gasteiger partial charge is 0.481 e. The van der Waals surface area contributed by atoms with Gasteiger partial charge in [0.05, 0.1) is 29.3 Å². The third-order valence-electron chi connectivity index (χ3n) is 4.34. The van der Waals surface area contributed by atoms with Gasteiger partial charge < -0.3 is 20.5 Å². The van der Waals surface area contributed by atoms with E-state index in [-0.39, 0.29) is 6.04 Å². The van der Waals surface area contributed by atoms with Crippen molar-refractivity contribution in [3.8, 4) is 5.88 Å². The predicted molar refractivity (Wildman–Crippen MR) is 89.8 cm³/mol. The first-order valence-corrected chi connectivity index (χ1v) is 8.10. The van der Waals surface area contributed by atoms with Gasteiger partial charge in [-0.1, -0.05) is 11.6 Å². The number of hydrogen-bond donors (Lipinski definition) is 2. The number of aliphatic hydroxyl groups is 1. The lowest BCUT2D eigenvalue weighted by Gasteiger charge is -2.34. The first kappa shape index (κ1) is 16.4. The zero-order valence-electron chi connectivity index (χ0n) is 13.1. The van der Waals surface area contributed by atoms with Crippen molar-refractivity contribution in [3.05, 3.63) is 28.9 Å². The highest BCUT2D eigenvalue weighted by Crippen LogP contribution is 2.25. The molecule has 0 aliphatic carbocycles. The Morgan fingerprint density at radius 2 is 2.30 bits per heavy atom. The Balaban J connectivity index is 1.80. The van der Waals surface area contributed by atoms with Crippen molar-refractivity contribution in [1.29, 1.82) is 0 Å². The Morgan fingerprint density at radius 3 is 3.04 bits per heavy atom. The Bertz CT molecular complexity index is 697. The minimum Gasteiger partial charge on any atom is -0.481 e. The average molecular weight is 337 g/mol. The number of aromatic nitrogens is 2. The zero-order chi connectivity index (χ0) is 16.4. The second-order valence-corrected chi connectivity index (χ2v) is 6.28. The van der Waals surface area contributed by atoms with Crippen LogP contribution in [-0.4, -0.2) is 58.9 Å². The van der Waals surface area contributed by atoms with Crippen LogP contribution in [0.2, 0.25) is 5.02 Å². The van der Waals surface area contributed by atoms with E-state index in [1.807, 2.05) is 6.07 Å². The maximum atomic E-state index is 9.91. The summed E-state index contributed by atoms with van der Waals surface area (Å²) in [6.07, 6.45) is 2.73. The third kappa shape index (κ3) is 3.55. The maximum Gasteiger partial charge on any atom is 0.213 e. The van der Waals surface area contributed by atoms with Crippen LogP contribution in [0.15, 0.2) is 18.3 Å². The second kappa shape index (κ2) is 6.97. The molecule has 3 rings (SSSR count). The van der Waals surface area contributed by atoms with E-state index in [0.717, 1.165) is 42.5 Å². The fourth-order valence-electron chi connectivity index (χ4n) is 2.92. The van der Waals surface area contributed by atoms with Crippen LogP contribution >= 0.6 is 11.6 Å². The van der Waals surface area contributed by atoms with Crippen molar-refractivity contribution in [1.82, 2.24) is 14.9 Å². The number of pyridine rings is 2. The van der Waals surface area contributed by atoms with Crippen LogP contribution in [0, 0.1) is 0 Å². The smallest absolute Gasteiger partial charge is 0.213 e. The van der Waals surface area contributed by atoms with Crippen LogP contribution in [0.1, 0.15) is 12.0 Å². The molecule has 2 aromatic heterocycles. The van der Waals surface area contributed by atoms with E-state index in [0.29, 0.717) is 17.4 Å². The van der Waals surface area contributed by atoms with Crippen LogP contribution < -0.4 is 10.5 Å². The number of β-amino-alcohol motifs (C(OH)–C–C–N with tert-alkyl or cyclic N) is 1. The third-order valence-corrected chi connectivity index (χ3v) is 4.67. The van der Waals surface area contributed by atoms with Gasteiger partial charge in [0.2, 0.25) is 5.88 Å². The maximum absolute atomic E-state index is 9.91. The molecule has 7 heteroatoms. The van der Waals surface area contributed by atoms with E-state index < -0.39 is 6.10 Å². The molecule has 0 saturated carbocycles. The summed E-state index contributed by atoms with van der Waals surface area (Å²) in [4.78, 5) is 11.0. The van der Waals surface area contributed by atoms with Crippen LogP contribution in [0.25, 0.3) is 11.0 Å². The molecule has 23 heavy (non-hydrogen) atoms. The molecule has 2 unspecified atom stereocenters. The molecule has 2 aromatic rings. The molecule has 3 N–H and O–H groups in total. The first-order chi connectivity index (χ1) is 11.1. The molecule has 0 radical (unpaired) electrons. The number of halogens is 1. The minimum absolute atomic E-state index is 0.123. The monoisotopic (exact) mass is 336 g/mol. The second-order valence-electron chi connectivity index (χ2n) is 5.88. The highest BCUT2D eigenvalue weighted by Gasteiger charge is 2.24. The summed E-state index contributed by atoms with van der Waals surface area (Å²) in [7, 11) is 1.59. The zero-order valence-corrected chi connectivity index (χ0v) is 13.8. The van der Waals surface area contributed by atoms with Gasteiger partial charge in [-0.2, -0.15) is 0 Å². The molecular formula is C16H21ClN4O2. The Kier molecular flexibility index (Phi) is 4.96. The number of hydrogen-bond acceptors (Lipinski definition) is 6. The van der Waals surface area contributed by atoms with Crippen molar-refractivity contribution < 1.29 is 9.84 Å². The van der Waals surface area contributed by atoms with Crippen LogP contribution in [-0.2, 0) is 6.42 Å². The van der Waals surface area contributed by atoms with Crippen LogP contribution in [0.4, 0.5) is 0 Å². The average Bonchev–Trinajstić information content (AvgIpc) is 2.56. The van der Waals surface area contributed by atoms with Gasteiger partial charge in [-0.05, 0) is 25.5 Å². The summed E-state index contributed by atoms with van der Waals surface area (Å²) in [6.45, 7) is 2.27. The van der Waals surface area contributed by atoms with Gasteiger partial charge in [0, 0.05) is 37.0 Å². The summed E-state index contributed by atoms with van der Waals surface area (Å²) in [6, 6.07) is 3.54. The topological polar surface area (TPSA) is 84.5 Å². The molecular weight excluding hydrogens is 316 g/mol. The number of ether oxygens (including phenoxy) is 1. The quantitative estimate of drug-likeness (QED) is 0.873. The Labute approximate surface area is 140 Å². The van der Waals surface area contributed by atoms with E-state index >= 15 is 0 Å². The van der Waals surface area contributed by atoms with Gasteiger partial charge in [0.15, 0.2) is 0 Å². The van der Waals surface area contributed by atoms with Crippen LogP contribution in [0.3, 0.4) is 0 Å². The molecule has 0 bridgehead atoms. The molecule has 0 aromatic carbocycles. The Hall–Kier alpha value is -1.47. The normalized spacial score (nSPS) is 22.4. The summed E-state index contributed by atoms with van der Waals surface area (Å²) >= 11 is 6.34. The lowest BCUT2D eigenvalue weighted by Crippen LogP contribution is -2.50. The van der Waals surface area contributed by atoms with Gasteiger partial charge >= 0.3 is 0 Å². The molecule has 1 aliphatic heterocycles. The number of fused-ring (bicyclic) bond motifs is 1. The lowest BCUT2D eigenvalue weighted by atomic mass is 10.0. The lowest BCUT2D eigenvalue weighted by molar-refractivity contribution is 0.0542. The Morgan fingerprint density at radius 1 is 1.48 bits per heavy atom. The molecule has 2 atom stereocenters. The fourth-order valence-corrected chi connectivity index (χ4v) is 3.15. The summed E-state index contributed by atoms with van der Waals surface area (Å²) in [5.74, 6) is 0.544. The summed E-state index contributed by atoms with van der Waals surface area (Å²) in [5, 5.41) is 10.5. The van der Waals surface area contributed by atoms with Gasteiger partial charge in [-0.15, -0.1) is 0 Å². The van der Waals surface area contributed by atoms with Gasteiger partial charge in [0.1, 0.15) is 0 Å². The molecule has 124 valence electrons. The number of nitrogens with two attached hydrogens (primary N) is 1. The summed E-state index contributed by atoms with van der Waals surface area (Å²) in [5.41, 5.74) is 8.37. The van der Waals surface area contributed by atoms with E-state index in [9.17, 15) is 5.11 Å². The number of rotatable bonds is 4. The minimum atomic E-state index is -0.466. The number of nitrogens with zero attached hydrogens (tertiary/aromatic N) is 3. The molecule has 3 heterocycles. The van der Waals surface area contributed by atoms with Crippen molar-refractivity contribution in [3.63, 3.8) is 0 Å². The van der Waals surface area contributed by atoms with Crippen molar-refractivity contribution >= 4 is 22.6 Å². The van der Waals surface area contributed by atoms with E-state index in [1.165, 1.54) is 0 Å². The number of methoxy groups -OCH3 is 1. The van der Waals surface area contributed by atoms with Gasteiger partial charge in [-0.25, -0.2) is 4.98 Å². The SMILES string of the molecule is COc1ccc2ncc(Cl)c(CCN3CCC(N)C(O)C3)c2n1. The van der Waals surface area contributed by atoms with Gasteiger partial charge in [-0.3, -0.25) is 4.98 Å². The highest BCUT2D eigenvalue weighted by molar-refractivity contribution is 6.32. The first-order valence-electron chi connectivity index (χ1n) is 7.72. The van der Waals surface area contributed by atoms with Crippen molar-refractivity contribution in [2.45, 2.75) is 25.0 Å². The van der Waals surface area contributed by atoms with Crippen LogP contribution in [0.5, 0.6) is 5.88 Å². The number of likely N-dealkylation sites (tertiary alicyclic amines) is 1. The molecule has 0 spiro atoms. The molecule has 1 saturated heterocycles. The van der Waals surface area contributed by atoms with E-state index in [2.05, 4.69) is 14.9 Å². The number of piperidine rings is 1. The molecule has 0 amide bonds. The highest BCUT2D eigenvalue weighted by atomic mass is 35.5. The molecule has 1 aliphatic rings. The molecule has 6 nitrogen and oxygen atoms in total. The van der Waals surface area contributed by atoms with Gasteiger partial charge in [0.25, 0.3) is 0 Å². The van der Waals surface area contributed by atoms with E-state index in [1.54, 1.807) is 19.4 Å².